The van der Waals surface area contributed by atoms with Crippen LogP contribution in [-0.4, -0.2) is 48.3 Å². The molecule has 0 aromatic heterocycles. The van der Waals surface area contributed by atoms with Crippen LogP contribution in [0.2, 0.25) is 0 Å². The van der Waals surface area contributed by atoms with Gasteiger partial charge in [-0.1, -0.05) is 0 Å². The maximum Gasteiger partial charge on any atom is 0.0587 e. The molecule has 0 amide bonds. The fraction of sp³-hybridized carbons (Fsp3) is 1.00. The van der Waals surface area contributed by atoms with E-state index in [-0.39, 0.29) is 12.4 Å². The molecule has 2 saturated heterocycles. The van der Waals surface area contributed by atoms with Crippen LogP contribution in [0.5, 0.6) is 0 Å². The fourth-order valence-corrected chi connectivity index (χ4v) is 2.65. The lowest BCUT2D eigenvalue weighted by molar-refractivity contribution is 0.104. The van der Waals surface area contributed by atoms with E-state index in [0.29, 0.717) is 18.7 Å². The molecule has 2 N–H and O–H groups in total. The van der Waals surface area contributed by atoms with E-state index < -0.39 is 0 Å². The van der Waals surface area contributed by atoms with Crippen LogP contribution in [0.3, 0.4) is 0 Å². The number of nitrogens with one attached hydrogen (secondary N) is 1. The zero-order valence-electron chi connectivity index (χ0n) is 8.61. The van der Waals surface area contributed by atoms with E-state index in [1.807, 2.05) is 0 Å². The summed E-state index contributed by atoms with van der Waals surface area (Å²) in [6.45, 7) is 3.83. The number of nitrogens with zero attached hydrogens (tertiary/aromatic N) is 1. The minimum atomic E-state index is 0. The van der Waals surface area contributed by atoms with Crippen molar-refractivity contribution in [3.63, 3.8) is 0 Å². The zero-order chi connectivity index (χ0) is 9.10. The van der Waals surface area contributed by atoms with Gasteiger partial charge in [-0.2, -0.15) is 0 Å². The number of aliphatic hydroxyl groups is 1. The molecule has 0 spiro atoms. The number of aliphatic hydroxyl groups excluding tert-OH is 1. The fourth-order valence-electron chi connectivity index (χ4n) is 2.65. The zero-order valence-corrected chi connectivity index (χ0v) is 9.43. The van der Waals surface area contributed by atoms with E-state index in [0.717, 1.165) is 6.54 Å². The first-order valence-corrected chi connectivity index (χ1v) is 5.49. The van der Waals surface area contributed by atoms with Gasteiger partial charge in [0.25, 0.3) is 0 Å². The molecule has 2 fully saturated rings. The highest BCUT2D eigenvalue weighted by Crippen LogP contribution is 2.22. The van der Waals surface area contributed by atoms with Crippen LogP contribution < -0.4 is 5.32 Å². The summed E-state index contributed by atoms with van der Waals surface area (Å²) in [5, 5.41) is 12.6. The van der Waals surface area contributed by atoms with Crippen LogP contribution in [-0.2, 0) is 0 Å². The Morgan fingerprint density at radius 1 is 1.29 bits per heavy atom. The summed E-state index contributed by atoms with van der Waals surface area (Å²) in [6.07, 6.45) is 5.05. The number of piperidine rings is 1. The number of hydrogen-bond donors (Lipinski definition) is 2. The Balaban J connectivity index is 0.000000980. The third-order valence-corrected chi connectivity index (χ3v) is 3.37. The number of halogens is 1. The Morgan fingerprint density at radius 2 is 2.14 bits per heavy atom. The van der Waals surface area contributed by atoms with Gasteiger partial charge in [-0.05, 0) is 38.8 Å². The molecule has 14 heavy (non-hydrogen) atoms. The van der Waals surface area contributed by atoms with Crippen LogP contribution >= 0.6 is 12.4 Å². The van der Waals surface area contributed by atoms with Crippen molar-refractivity contribution in [3.8, 4) is 0 Å². The summed E-state index contributed by atoms with van der Waals surface area (Å²) in [4.78, 5) is 2.51. The highest BCUT2D eigenvalue weighted by molar-refractivity contribution is 5.85. The Labute approximate surface area is 92.3 Å². The van der Waals surface area contributed by atoms with Crippen LogP contribution in [0.25, 0.3) is 0 Å². The number of likely N-dealkylation sites (tertiary alicyclic amines) is 1. The molecule has 1 unspecified atom stereocenters. The van der Waals surface area contributed by atoms with Crippen molar-refractivity contribution in [1.82, 2.24) is 10.2 Å². The third kappa shape index (κ3) is 2.60. The standard InChI is InChI=1S/C10H20N2O.ClH/c13-8-10-4-2-6-12(10)9-3-1-5-11-7-9;/h9-11,13H,1-8H2;1H/t9?,10-;/m0./s1. The second kappa shape index (κ2) is 5.91. The van der Waals surface area contributed by atoms with Crippen LogP contribution in [0, 0.1) is 0 Å². The van der Waals surface area contributed by atoms with E-state index >= 15 is 0 Å². The minimum absolute atomic E-state index is 0. The van der Waals surface area contributed by atoms with E-state index in [1.54, 1.807) is 0 Å². The molecule has 0 aliphatic carbocycles. The van der Waals surface area contributed by atoms with Crippen LogP contribution in [0.1, 0.15) is 25.7 Å². The van der Waals surface area contributed by atoms with Gasteiger partial charge >= 0.3 is 0 Å². The lowest BCUT2D eigenvalue weighted by atomic mass is 10.1. The summed E-state index contributed by atoms with van der Waals surface area (Å²) in [6, 6.07) is 1.14. The molecule has 4 heteroatoms. The van der Waals surface area contributed by atoms with E-state index in [4.69, 9.17) is 0 Å². The van der Waals surface area contributed by atoms with Crippen molar-refractivity contribution in [2.24, 2.45) is 0 Å². The maximum atomic E-state index is 9.21. The van der Waals surface area contributed by atoms with Crippen molar-refractivity contribution in [2.45, 2.75) is 37.8 Å². The summed E-state index contributed by atoms with van der Waals surface area (Å²) in [5.41, 5.74) is 0. The molecule has 3 nitrogen and oxygen atoms in total. The van der Waals surface area contributed by atoms with Crippen LogP contribution in [0.4, 0.5) is 0 Å². The van der Waals surface area contributed by atoms with Gasteiger partial charge in [0.15, 0.2) is 0 Å². The van der Waals surface area contributed by atoms with Gasteiger partial charge in [0.05, 0.1) is 6.61 Å². The van der Waals surface area contributed by atoms with Crippen molar-refractivity contribution in [2.75, 3.05) is 26.2 Å². The average molecular weight is 221 g/mol. The molecular weight excluding hydrogens is 200 g/mol. The normalized spacial score (nSPS) is 34.1. The molecule has 0 saturated carbocycles. The minimum Gasteiger partial charge on any atom is -0.395 e. The monoisotopic (exact) mass is 220 g/mol. The summed E-state index contributed by atoms with van der Waals surface area (Å²) in [5.74, 6) is 0. The van der Waals surface area contributed by atoms with Gasteiger partial charge in [-0.25, -0.2) is 0 Å². The Morgan fingerprint density at radius 3 is 2.79 bits per heavy atom. The first kappa shape index (κ1) is 12.2. The molecule has 0 radical (unpaired) electrons. The lowest BCUT2D eigenvalue weighted by Gasteiger charge is -2.35. The Kier molecular flexibility index (Phi) is 5.17. The van der Waals surface area contributed by atoms with Crippen LogP contribution in [0.15, 0.2) is 0 Å². The highest BCUT2D eigenvalue weighted by Gasteiger charge is 2.30. The largest absolute Gasteiger partial charge is 0.395 e. The third-order valence-electron chi connectivity index (χ3n) is 3.37. The molecule has 2 aliphatic heterocycles. The molecule has 2 atom stereocenters. The van der Waals surface area contributed by atoms with Crippen molar-refractivity contribution in [3.05, 3.63) is 0 Å². The highest BCUT2D eigenvalue weighted by atomic mass is 35.5. The average Bonchev–Trinajstić information content (AvgIpc) is 2.67. The van der Waals surface area contributed by atoms with Crippen molar-refractivity contribution >= 4 is 12.4 Å². The molecule has 0 aromatic carbocycles. The van der Waals surface area contributed by atoms with Gasteiger partial charge < -0.3 is 10.4 Å². The molecule has 0 aromatic rings. The topological polar surface area (TPSA) is 35.5 Å². The Hall–Kier alpha value is 0.170. The van der Waals surface area contributed by atoms with Gasteiger partial charge in [-0.15, -0.1) is 12.4 Å². The number of hydrogen-bond acceptors (Lipinski definition) is 3. The first-order chi connectivity index (χ1) is 6.42. The van der Waals surface area contributed by atoms with Crippen molar-refractivity contribution < 1.29 is 5.11 Å². The molecule has 2 heterocycles. The van der Waals surface area contributed by atoms with E-state index in [9.17, 15) is 5.11 Å². The quantitative estimate of drug-likeness (QED) is 0.716. The van der Waals surface area contributed by atoms with Crippen molar-refractivity contribution in [1.29, 1.82) is 0 Å². The van der Waals surface area contributed by atoms with Gasteiger partial charge in [0, 0.05) is 18.6 Å². The first-order valence-electron chi connectivity index (χ1n) is 5.49. The number of rotatable bonds is 2. The molecule has 2 aliphatic rings. The van der Waals surface area contributed by atoms with Gasteiger partial charge in [0.1, 0.15) is 0 Å². The van der Waals surface area contributed by atoms with E-state index in [2.05, 4.69) is 10.2 Å². The summed E-state index contributed by atoms with van der Waals surface area (Å²) >= 11 is 0. The SMILES string of the molecule is Cl.OC[C@@H]1CCCN1C1CCCNC1. The smallest absolute Gasteiger partial charge is 0.0587 e. The molecular formula is C10H21ClN2O. The second-order valence-electron chi connectivity index (χ2n) is 4.22. The van der Waals surface area contributed by atoms with E-state index in [1.165, 1.54) is 38.8 Å². The summed E-state index contributed by atoms with van der Waals surface area (Å²) in [7, 11) is 0. The Bertz CT molecular complexity index is 162. The van der Waals surface area contributed by atoms with Gasteiger partial charge in [0.2, 0.25) is 0 Å². The second-order valence-corrected chi connectivity index (χ2v) is 4.22. The molecule has 0 bridgehead atoms. The van der Waals surface area contributed by atoms with Gasteiger partial charge in [-0.3, -0.25) is 4.90 Å². The predicted octanol–water partition coefficient (Wildman–Crippen LogP) is 0.617. The molecule has 84 valence electrons. The summed E-state index contributed by atoms with van der Waals surface area (Å²) < 4.78 is 0. The maximum absolute atomic E-state index is 9.21. The lowest BCUT2D eigenvalue weighted by Crippen LogP contribution is -2.48. The predicted molar refractivity (Wildman–Crippen MR) is 60.0 cm³/mol. The molecule has 2 rings (SSSR count).